The zero-order valence-electron chi connectivity index (χ0n) is 11.5. The molecule has 1 aromatic heterocycles. The Morgan fingerprint density at radius 2 is 1.81 bits per heavy atom. The Hall–Kier alpha value is -2.88. The standard InChI is InChI=1S/C17H16N4/c18-12-21(11-14-4-2-1-3-5-14)16-8-6-15(7-9-16)17-10-19-13-20-17/h1-10,12-13,18H,11H2,(H,19,20). The van der Waals surface area contributed by atoms with E-state index < -0.39 is 0 Å². The van der Waals surface area contributed by atoms with Crippen molar-refractivity contribution in [1.29, 1.82) is 5.41 Å². The largest absolute Gasteiger partial charge is 0.345 e. The van der Waals surface area contributed by atoms with Crippen LogP contribution in [0.3, 0.4) is 0 Å². The number of aromatic amines is 1. The molecule has 0 atom stereocenters. The highest BCUT2D eigenvalue weighted by atomic mass is 15.1. The molecule has 1 heterocycles. The summed E-state index contributed by atoms with van der Waals surface area (Å²) in [6.45, 7) is 0.688. The highest BCUT2D eigenvalue weighted by molar-refractivity contribution is 5.78. The zero-order valence-corrected chi connectivity index (χ0v) is 11.5. The molecular formula is C17H16N4. The molecule has 3 aromatic rings. The van der Waals surface area contributed by atoms with Gasteiger partial charge >= 0.3 is 0 Å². The van der Waals surface area contributed by atoms with E-state index in [4.69, 9.17) is 5.41 Å². The van der Waals surface area contributed by atoms with Gasteiger partial charge in [-0.1, -0.05) is 42.5 Å². The van der Waals surface area contributed by atoms with Gasteiger partial charge in [-0.15, -0.1) is 0 Å². The second-order valence-electron chi connectivity index (χ2n) is 4.75. The van der Waals surface area contributed by atoms with Gasteiger partial charge in [0.2, 0.25) is 0 Å². The maximum atomic E-state index is 7.62. The van der Waals surface area contributed by atoms with Crippen molar-refractivity contribution in [3.05, 3.63) is 72.7 Å². The number of hydrogen-bond donors (Lipinski definition) is 2. The molecule has 2 N–H and O–H groups in total. The number of benzene rings is 2. The molecule has 0 spiro atoms. The number of aromatic nitrogens is 2. The first-order chi connectivity index (χ1) is 10.4. The molecule has 0 saturated carbocycles. The number of hydrogen-bond acceptors (Lipinski definition) is 2. The Balaban J connectivity index is 1.80. The minimum Gasteiger partial charge on any atom is -0.345 e. The van der Waals surface area contributed by atoms with Gasteiger partial charge in [-0.2, -0.15) is 0 Å². The average Bonchev–Trinajstić information content (AvgIpc) is 3.08. The fraction of sp³-hybridized carbons (Fsp3) is 0.0588. The van der Waals surface area contributed by atoms with E-state index >= 15 is 0 Å². The molecule has 0 bridgehead atoms. The van der Waals surface area contributed by atoms with Crippen LogP contribution in [0.5, 0.6) is 0 Å². The predicted molar refractivity (Wildman–Crippen MR) is 85.4 cm³/mol. The highest BCUT2D eigenvalue weighted by Gasteiger charge is 2.05. The van der Waals surface area contributed by atoms with E-state index in [9.17, 15) is 0 Å². The van der Waals surface area contributed by atoms with Crippen LogP contribution >= 0.6 is 0 Å². The van der Waals surface area contributed by atoms with Gasteiger partial charge in [-0.05, 0) is 23.3 Å². The minimum absolute atomic E-state index is 0.688. The zero-order chi connectivity index (χ0) is 14.5. The lowest BCUT2D eigenvalue weighted by Gasteiger charge is -2.19. The monoisotopic (exact) mass is 276 g/mol. The molecule has 4 heteroatoms. The van der Waals surface area contributed by atoms with Crippen molar-refractivity contribution >= 4 is 12.0 Å². The number of rotatable bonds is 5. The maximum absolute atomic E-state index is 7.62. The second kappa shape index (κ2) is 6.05. The van der Waals surface area contributed by atoms with E-state index in [0.717, 1.165) is 16.9 Å². The molecule has 0 unspecified atom stereocenters. The number of anilines is 1. The first kappa shape index (κ1) is 13.1. The Kier molecular flexibility index (Phi) is 3.78. The molecular weight excluding hydrogens is 260 g/mol. The molecule has 0 fully saturated rings. The van der Waals surface area contributed by atoms with Crippen LogP contribution in [0.1, 0.15) is 5.56 Å². The molecule has 0 aliphatic heterocycles. The van der Waals surface area contributed by atoms with Crippen molar-refractivity contribution < 1.29 is 0 Å². The van der Waals surface area contributed by atoms with Crippen LogP contribution in [-0.4, -0.2) is 16.3 Å². The van der Waals surface area contributed by atoms with Crippen molar-refractivity contribution in [2.45, 2.75) is 6.54 Å². The first-order valence-electron chi connectivity index (χ1n) is 6.77. The van der Waals surface area contributed by atoms with Gasteiger partial charge in [0.1, 0.15) is 0 Å². The van der Waals surface area contributed by atoms with Gasteiger partial charge < -0.3 is 9.88 Å². The summed E-state index contributed by atoms with van der Waals surface area (Å²) < 4.78 is 0. The van der Waals surface area contributed by atoms with Crippen LogP contribution in [0.25, 0.3) is 11.3 Å². The molecule has 21 heavy (non-hydrogen) atoms. The summed E-state index contributed by atoms with van der Waals surface area (Å²) in [5, 5.41) is 7.62. The van der Waals surface area contributed by atoms with Crippen LogP contribution in [0, 0.1) is 5.41 Å². The maximum Gasteiger partial charge on any atom is 0.0924 e. The molecule has 0 aliphatic rings. The minimum atomic E-state index is 0.688. The summed E-state index contributed by atoms with van der Waals surface area (Å²) in [5.41, 5.74) is 4.25. The van der Waals surface area contributed by atoms with Crippen LogP contribution in [0.15, 0.2) is 67.1 Å². The fourth-order valence-electron chi connectivity index (χ4n) is 2.24. The van der Waals surface area contributed by atoms with Gasteiger partial charge in [-0.3, -0.25) is 5.41 Å². The lowest BCUT2D eigenvalue weighted by atomic mass is 10.1. The van der Waals surface area contributed by atoms with Crippen LogP contribution in [0.2, 0.25) is 0 Å². The summed E-state index contributed by atoms with van der Waals surface area (Å²) in [6.07, 6.45) is 4.83. The molecule has 4 nitrogen and oxygen atoms in total. The third kappa shape index (κ3) is 3.00. The first-order valence-corrected chi connectivity index (χ1v) is 6.77. The molecule has 0 aliphatic carbocycles. The lowest BCUT2D eigenvalue weighted by Crippen LogP contribution is -2.19. The quantitative estimate of drug-likeness (QED) is 0.551. The molecule has 104 valence electrons. The van der Waals surface area contributed by atoms with E-state index in [0.29, 0.717) is 6.54 Å². The number of H-pyrrole nitrogens is 1. The van der Waals surface area contributed by atoms with Crippen LogP contribution in [0.4, 0.5) is 5.69 Å². The smallest absolute Gasteiger partial charge is 0.0924 e. The summed E-state index contributed by atoms with van der Waals surface area (Å²) in [7, 11) is 0. The van der Waals surface area contributed by atoms with Gasteiger partial charge in [0.05, 0.1) is 24.6 Å². The van der Waals surface area contributed by atoms with Gasteiger partial charge in [0, 0.05) is 12.2 Å². The normalized spacial score (nSPS) is 10.3. The summed E-state index contributed by atoms with van der Waals surface area (Å²) >= 11 is 0. The van der Waals surface area contributed by atoms with Crippen molar-refractivity contribution in [2.24, 2.45) is 0 Å². The highest BCUT2D eigenvalue weighted by Crippen LogP contribution is 2.21. The van der Waals surface area contributed by atoms with E-state index in [1.54, 1.807) is 12.5 Å². The Bertz CT molecular complexity index is 687. The van der Waals surface area contributed by atoms with Crippen LogP contribution < -0.4 is 4.90 Å². The second-order valence-corrected chi connectivity index (χ2v) is 4.75. The molecule has 3 rings (SSSR count). The number of nitrogens with zero attached hydrogens (tertiary/aromatic N) is 2. The van der Waals surface area contributed by atoms with E-state index in [-0.39, 0.29) is 0 Å². The molecule has 2 aromatic carbocycles. The Morgan fingerprint density at radius 3 is 2.43 bits per heavy atom. The van der Waals surface area contributed by atoms with E-state index in [2.05, 4.69) is 22.1 Å². The Morgan fingerprint density at radius 1 is 1.05 bits per heavy atom. The van der Waals surface area contributed by atoms with Gasteiger partial charge in [0.25, 0.3) is 0 Å². The van der Waals surface area contributed by atoms with E-state index in [1.165, 1.54) is 11.9 Å². The van der Waals surface area contributed by atoms with Crippen molar-refractivity contribution in [3.8, 4) is 11.3 Å². The lowest BCUT2D eigenvalue weighted by molar-refractivity contribution is 1.01. The fourth-order valence-corrected chi connectivity index (χ4v) is 2.24. The van der Waals surface area contributed by atoms with E-state index in [1.807, 2.05) is 47.4 Å². The topological polar surface area (TPSA) is 55.8 Å². The average molecular weight is 276 g/mol. The molecule has 0 amide bonds. The number of nitrogens with one attached hydrogen (secondary N) is 2. The third-order valence-electron chi connectivity index (χ3n) is 3.36. The predicted octanol–water partition coefficient (Wildman–Crippen LogP) is 3.69. The van der Waals surface area contributed by atoms with Crippen molar-refractivity contribution in [1.82, 2.24) is 9.97 Å². The van der Waals surface area contributed by atoms with Gasteiger partial charge in [0.15, 0.2) is 0 Å². The summed E-state index contributed by atoms with van der Waals surface area (Å²) in [5.74, 6) is 0. The molecule has 0 radical (unpaired) electrons. The Labute approximate surface area is 123 Å². The van der Waals surface area contributed by atoms with Crippen molar-refractivity contribution in [2.75, 3.05) is 4.90 Å². The SMILES string of the molecule is N=CN(Cc1ccccc1)c1ccc(-c2cnc[nH]2)cc1. The van der Waals surface area contributed by atoms with Gasteiger partial charge in [-0.25, -0.2) is 4.98 Å². The van der Waals surface area contributed by atoms with Crippen LogP contribution in [-0.2, 0) is 6.54 Å². The third-order valence-corrected chi connectivity index (χ3v) is 3.36. The summed E-state index contributed by atoms with van der Waals surface area (Å²) in [6, 6.07) is 18.3. The van der Waals surface area contributed by atoms with Crippen molar-refractivity contribution in [3.63, 3.8) is 0 Å². The molecule has 0 saturated heterocycles. The number of imidazole rings is 1. The summed E-state index contributed by atoms with van der Waals surface area (Å²) in [4.78, 5) is 9.02.